The molecule has 0 radical (unpaired) electrons. The number of nitrogens with zero attached hydrogens (tertiary/aromatic N) is 1. The van der Waals surface area contributed by atoms with Gasteiger partial charge in [0.1, 0.15) is 16.2 Å². The van der Waals surface area contributed by atoms with Gasteiger partial charge in [-0.05, 0) is 31.0 Å². The van der Waals surface area contributed by atoms with Gasteiger partial charge in [-0.1, -0.05) is 18.3 Å². The molecule has 1 amide bonds. The van der Waals surface area contributed by atoms with E-state index in [0.29, 0.717) is 33.5 Å². The zero-order valence-corrected chi connectivity index (χ0v) is 16.3. The quantitative estimate of drug-likeness (QED) is 0.499. The third-order valence-electron chi connectivity index (χ3n) is 3.94. The van der Waals surface area contributed by atoms with Crippen LogP contribution in [-0.4, -0.2) is 30.6 Å². The smallest absolute Gasteiger partial charge is 0.350 e. The van der Waals surface area contributed by atoms with E-state index in [1.54, 1.807) is 18.2 Å². The summed E-state index contributed by atoms with van der Waals surface area (Å²) in [5.41, 5.74) is 1.30. The summed E-state index contributed by atoms with van der Waals surface area (Å²) in [5, 5.41) is 3.69. The first-order valence-electron chi connectivity index (χ1n) is 8.46. The van der Waals surface area contributed by atoms with Crippen LogP contribution in [0.25, 0.3) is 11.0 Å². The van der Waals surface area contributed by atoms with Gasteiger partial charge in [-0.3, -0.25) is 10.1 Å². The number of nitrogens with one attached hydrogen (secondary N) is 1. The van der Waals surface area contributed by atoms with E-state index >= 15 is 0 Å². The second-order valence-electron chi connectivity index (χ2n) is 5.88. The maximum atomic E-state index is 12.1. The van der Waals surface area contributed by atoms with Gasteiger partial charge in [-0.25, -0.2) is 14.6 Å². The number of amides is 1. The van der Waals surface area contributed by atoms with Crippen molar-refractivity contribution in [3.8, 4) is 5.75 Å². The Bertz CT molecular complexity index is 1100. The Morgan fingerprint density at radius 2 is 2.07 bits per heavy atom. The van der Waals surface area contributed by atoms with Crippen LogP contribution in [0.5, 0.6) is 5.75 Å². The molecule has 0 aliphatic carbocycles. The summed E-state index contributed by atoms with van der Waals surface area (Å²) in [5.74, 6) is -0.530. The minimum atomic E-state index is -0.487. The molecule has 1 N–H and O–H groups in total. The number of carbonyl (C=O) groups excluding carboxylic acids is 2. The molecular formula is C19H18N2O6S. The number of anilines is 1. The summed E-state index contributed by atoms with van der Waals surface area (Å²) >= 11 is 1.05. The molecule has 9 heteroatoms. The number of methoxy groups -OCH3 is 1. The van der Waals surface area contributed by atoms with E-state index in [1.807, 2.05) is 13.8 Å². The second-order valence-corrected chi connectivity index (χ2v) is 6.88. The molecule has 3 aromatic rings. The normalized spacial score (nSPS) is 10.7. The average Bonchev–Trinajstić information content (AvgIpc) is 3.08. The number of aromatic nitrogens is 1. The minimum absolute atomic E-state index is 0.268. The highest BCUT2D eigenvalue weighted by Crippen LogP contribution is 2.25. The van der Waals surface area contributed by atoms with Crippen LogP contribution in [0.4, 0.5) is 5.13 Å². The Balaban J connectivity index is 1.68. The van der Waals surface area contributed by atoms with Crippen molar-refractivity contribution in [3.05, 3.63) is 50.8 Å². The molecule has 146 valence electrons. The Kier molecular flexibility index (Phi) is 5.74. The number of hydrogen-bond acceptors (Lipinski definition) is 8. The lowest BCUT2D eigenvalue weighted by molar-refractivity contribution is -0.118. The fourth-order valence-electron chi connectivity index (χ4n) is 2.60. The standard InChI is InChI=1S/C19H18N2O6S/c1-4-13-17(18(24)25-3)28-19(20-13)21-15(22)9-26-11-5-6-12-10(2)7-16(23)27-14(12)8-11/h5-8H,4,9H2,1-3H3,(H,20,21,22). The van der Waals surface area contributed by atoms with Gasteiger partial charge in [-0.2, -0.15) is 0 Å². The third kappa shape index (κ3) is 4.20. The van der Waals surface area contributed by atoms with Crippen molar-refractivity contribution in [3.63, 3.8) is 0 Å². The van der Waals surface area contributed by atoms with Gasteiger partial charge in [0, 0.05) is 17.5 Å². The summed E-state index contributed by atoms with van der Waals surface area (Å²) in [6, 6.07) is 6.43. The van der Waals surface area contributed by atoms with Gasteiger partial charge in [-0.15, -0.1) is 0 Å². The SMILES string of the molecule is CCc1nc(NC(=O)COc2ccc3c(C)cc(=O)oc3c2)sc1C(=O)OC. The summed E-state index contributed by atoms with van der Waals surface area (Å²) in [6.45, 7) is 3.40. The van der Waals surface area contributed by atoms with Crippen LogP contribution < -0.4 is 15.7 Å². The topological polar surface area (TPSA) is 108 Å². The largest absolute Gasteiger partial charge is 0.484 e. The van der Waals surface area contributed by atoms with E-state index in [4.69, 9.17) is 13.9 Å². The Labute approximate surface area is 164 Å². The fraction of sp³-hybridized carbons (Fsp3) is 0.263. The van der Waals surface area contributed by atoms with Crippen LogP contribution in [0.15, 0.2) is 33.5 Å². The number of thiazole rings is 1. The third-order valence-corrected chi connectivity index (χ3v) is 4.94. The first kappa shape index (κ1) is 19.6. The Morgan fingerprint density at radius 3 is 2.79 bits per heavy atom. The zero-order chi connectivity index (χ0) is 20.3. The van der Waals surface area contributed by atoms with E-state index in [2.05, 4.69) is 10.3 Å². The van der Waals surface area contributed by atoms with E-state index in [1.165, 1.54) is 13.2 Å². The van der Waals surface area contributed by atoms with Crippen molar-refractivity contribution in [1.29, 1.82) is 0 Å². The maximum absolute atomic E-state index is 12.1. The molecule has 0 atom stereocenters. The molecule has 28 heavy (non-hydrogen) atoms. The van der Waals surface area contributed by atoms with Gasteiger partial charge < -0.3 is 13.9 Å². The van der Waals surface area contributed by atoms with Crippen LogP contribution in [0.3, 0.4) is 0 Å². The molecule has 0 spiro atoms. The monoisotopic (exact) mass is 402 g/mol. The van der Waals surface area contributed by atoms with Gasteiger partial charge in [0.15, 0.2) is 11.7 Å². The lowest BCUT2D eigenvalue weighted by Crippen LogP contribution is -2.20. The number of fused-ring (bicyclic) bond motifs is 1. The van der Waals surface area contributed by atoms with Gasteiger partial charge in [0.05, 0.1) is 12.8 Å². The van der Waals surface area contributed by atoms with E-state index in [0.717, 1.165) is 22.3 Å². The number of hydrogen-bond donors (Lipinski definition) is 1. The number of carbonyl (C=O) groups is 2. The Hall–Kier alpha value is -3.20. The first-order chi connectivity index (χ1) is 13.4. The predicted molar refractivity (Wildman–Crippen MR) is 104 cm³/mol. The highest BCUT2D eigenvalue weighted by molar-refractivity contribution is 7.17. The van der Waals surface area contributed by atoms with Crippen molar-refractivity contribution < 1.29 is 23.5 Å². The predicted octanol–water partition coefficient (Wildman–Crippen LogP) is 2.92. The number of ether oxygens (including phenoxy) is 2. The van der Waals surface area contributed by atoms with Crippen LogP contribution in [0, 0.1) is 6.92 Å². The second kappa shape index (κ2) is 8.22. The van der Waals surface area contributed by atoms with E-state index < -0.39 is 17.5 Å². The van der Waals surface area contributed by atoms with Crippen LogP contribution >= 0.6 is 11.3 Å². The fourth-order valence-corrected chi connectivity index (χ4v) is 3.58. The number of esters is 1. The molecule has 0 unspecified atom stereocenters. The maximum Gasteiger partial charge on any atom is 0.350 e. The van der Waals surface area contributed by atoms with Crippen LogP contribution in [0.2, 0.25) is 0 Å². The first-order valence-corrected chi connectivity index (χ1v) is 9.28. The van der Waals surface area contributed by atoms with Crippen molar-refractivity contribution in [2.24, 2.45) is 0 Å². The lowest BCUT2D eigenvalue weighted by Gasteiger charge is -2.07. The highest BCUT2D eigenvalue weighted by Gasteiger charge is 2.18. The van der Waals surface area contributed by atoms with Crippen LogP contribution in [0.1, 0.15) is 27.9 Å². The molecule has 0 fully saturated rings. The molecule has 8 nitrogen and oxygen atoms in total. The van der Waals surface area contributed by atoms with Gasteiger partial charge in [0.25, 0.3) is 5.91 Å². The summed E-state index contributed by atoms with van der Waals surface area (Å²) < 4.78 is 15.3. The molecule has 0 aliphatic rings. The Morgan fingerprint density at radius 1 is 1.29 bits per heavy atom. The van der Waals surface area contributed by atoms with Gasteiger partial charge >= 0.3 is 11.6 Å². The summed E-state index contributed by atoms with van der Waals surface area (Å²) in [6.07, 6.45) is 0.537. The van der Waals surface area contributed by atoms with Gasteiger partial charge in [0.2, 0.25) is 0 Å². The minimum Gasteiger partial charge on any atom is -0.484 e. The van der Waals surface area contributed by atoms with Crippen LogP contribution in [-0.2, 0) is 16.0 Å². The molecule has 0 saturated carbocycles. The van der Waals surface area contributed by atoms with Crippen molar-refractivity contribution in [2.75, 3.05) is 19.0 Å². The molecule has 3 rings (SSSR count). The van der Waals surface area contributed by atoms with Crippen molar-refractivity contribution in [1.82, 2.24) is 4.98 Å². The average molecular weight is 402 g/mol. The van der Waals surface area contributed by atoms with E-state index in [9.17, 15) is 14.4 Å². The molecule has 0 saturated heterocycles. The molecule has 1 aromatic carbocycles. The zero-order valence-electron chi connectivity index (χ0n) is 15.5. The molecular weight excluding hydrogens is 384 g/mol. The summed E-state index contributed by atoms with van der Waals surface area (Å²) in [4.78, 5) is 40.0. The molecule has 2 heterocycles. The molecule has 0 aliphatic heterocycles. The highest BCUT2D eigenvalue weighted by atomic mass is 32.1. The number of benzene rings is 1. The van der Waals surface area contributed by atoms with E-state index in [-0.39, 0.29) is 6.61 Å². The van der Waals surface area contributed by atoms with Crippen molar-refractivity contribution >= 4 is 39.3 Å². The number of rotatable bonds is 6. The number of aryl methyl sites for hydroxylation is 2. The summed E-state index contributed by atoms with van der Waals surface area (Å²) in [7, 11) is 1.29. The van der Waals surface area contributed by atoms with Crippen molar-refractivity contribution in [2.45, 2.75) is 20.3 Å². The molecule has 2 aromatic heterocycles. The molecule has 0 bridgehead atoms. The lowest BCUT2D eigenvalue weighted by atomic mass is 10.1.